The second-order valence-electron chi connectivity index (χ2n) is 5.95. The van der Waals surface area contributed by atoms with Gasteiger partial charge >= 0.3 is 0 Å². The van der Waals surface area contributed by atoms with Gasteiger partial charge in [0, 0.05) is 12.6 Å². The molecule has 2 aliphatic rings. The van der Waals surface area contributed by atoms with Crippen LogP contribution in [-0.2, 0) is 6.54 Å². The molecule has 1 aromatic carbocycles. The molecule has 0 spiro atoms. The molecule has 0 aromatic heterocycles. The fourth-order valence-corrected chi connectivity index (χ4v) is 3.91. The van der Waals surface area contributed by atoms with Gasteiger partial charge in [0.2, 0.25) is 0 Å². The zero-order chi connectivity index (χ0) is 12.5. The highest BCUT2D eigenvalue weighted by Crippen LogP contribution is 2.48. The third kappa shape index (κ3) is 2.14. The lowest BCUT2D eigenvalue weighted by Gasteiger charge is -2.29. The van der Waals surface area contributed by atoms with E-state index in [1.165, 1.54) is 24.8 Å². The van der Waals surface area contributed by atoms with Gasteiger partial charge in [0.05, 0.1) is 7.11 Å². The number of hydrogen-bond acceptors (Lipinski definition) is 2. The van der Waals surface area contributed by atoms with Crippen molar-refractivity contribution < 1.29 is 4.74 Å². The molecule has 0 aliphatic heterocycles. The lowest BCUT2D eigenvalue weighted by molar-refractivity contribution is 0.264. The Labute approximate surface area is 110 Å². The fraction of sp³-hybridized carbons (Fsp3) is 0.625. The number of hydrogen-bond donors (Lipinski definition) is 1. The first-order chi connectivity index (χ1) is 8.78. The van der Waals surface area contributed by atoms with Gasteiger partial charge in [-0.05, 0) is 54.7 Å². The van der Waals surface area contributed by atoms with Crippen LogP contribution < -0.4 is 10.1 Å². The molecule has 1 N–H and O–H groups in total. The summed E-state index contributed by atoms with van der Waals surface area (Å²) in [5, 5.41) is 3.78. The summed E-state index contributed by atoms with van der Waals surface area (Å²) in [6.07, 6.45) is 4.36. The van der Waals surface area contributed by atoms with Crippen molar-refractivity contribution in [2.75, 3.05) is 7.11 Å². The van der Waals surface area contributed by atoms with Crippen LogP contribution in [0.15, 0.2) is 24.3 Å². The minimum Gasteiger partial charge on any atom is -0.497 e. The number of benzene rings is 1. The van der Waals surface area contributed by atoms with E-state index in [0.29, 0.717) is 0 Å². The van der Waals surface area contributed by atoms with Crippen molar-refractivity contribution in [1.29, 1.82) is 0 Å². The van der Waals surface area contributed by atoms with E-state index in [0.717, 1.165) is 36.1 Å². The van der Waals surface area contributed by atoms with Gasteiger partial charge in [-0.25, -0.2) is 0 Å². The van der Waals surface area contributed by atoms with E-state index < -0.39 is 0 Å². The Hall–Kier alpha value is -1.02. The predicted octanol–water partition coefficient (Wildman–Crippen LogP) is 3.22. The predicted molar refractivity (Wildman–Crippen MR) is 73.6 cm³/mol. The van der Waals surface area contributed by atoms with Crippen LogP contribution in [0.3, 0.4) is 0 Å². The normalized spacial score (nSPS) is 33.9. The molecule has 2 fully saturated rings. The minimum absolute atomic E-state index is 0.742. The van der Waals surface area contributed by atoms with Crippen LogP contribution >= 0.6 is 0 Å². The largest absolute Gasteiger partial charge is 0.497 e. The van der Waals surface area contributed by atoms with Gasteiger partial charge in [-0.1, -0.05) is 19.1 Å². The van der Waals surface area contributed by atoms with Gasteiger partial charge in [-0.15, -0.1) is 0 Å². The maximum atomic E-state index is 5.18. The summed E-state index contributed by atoms with van der Waals surface area (Å²) in [4.78, 5) is 0. The number of rotatable bonds is 4. The zero-order valence-electron chi connectivity index (χ0n) is 11.4. The van der Waals surface area contributed by atoms with Crippen LogP contribution in [0.5, 0.6) is 5.75 Å². The summed E-state index contributed by atoms with van der Waals surface area (Å²) in [5.74, 6) is 3.72. The summed E-state index contributed by atoms with van der Waals surface area (Å²) < 4.78 is 5.18. The van der Waals surface area contributed by atoms with Crippen molar-refractivity contribution in [1.82, 2.24) is 5.32 Å². The summed E-state index contributed by atoms with van der Waals surface area (Å²) in [6.45, 7) is 3.41. The van der Waals surface area contributed by atoms with Gasteiger partial charge in [0.1, 0.15) is 5.75 Å². The first kappa shape index (κ1) is 12.0. The van der Waals surface area contributed by atoms with Crippen molar-refractivity contribution in [3.63, 3.8) is 0 Å². The molecule has 2 saturated carbocycles. The maximum absolute atomic E-state index is 5.18. The van der Waals surface area contributed by atoms with E-state index in [2.05, 4.69) is 24.4 Å². The van der Waals surface area contributed by atoms with Crippen molar-refractivity contribution in [3.8, 4) is 5.75 Å². The molecule has 2 bridgehead atoms. The topological polar surface area (TPSA) is 21.3 Å². The molecule has 98 valence electrons. The van der Waals surface area contributed by atoms with Gasteiger partial charge in [-0.3, -0.25) is 0 Å². The highest BCUT2D eigenvalue weighted by Gasteiger charge is 2.44. The van der Waals surface area contributed by atoms with Crippen LogP contribution in [0.4, 0.5) is 0 Å². The molecule has 0 saturated heterocycles. The molecule has 0 amide bonds. The van der Waals surface area contributed by atoms with Crippen molar-refractivity contribution in [3.05, 3.63) is 29.8 Å². The van der Waals surface area contributed by atoms with E-state index in [9.17, 15) is 0 Å². The van der Waals surface area contributed by atoms with E-state index >= 15 is 0 Å². The Bertz CT molecular complexity index is 398. The van der Waals surface area contributed by atoms with E-state index in [1.54, 1.807) is 7.11 Å². The van der Waals surface area contributed by atoms with Gasteiger partial charge in [0.25, 0.3) is 0 Å². The first-order valence-electron chi connectivity index (χ1n) is 7.14. The Morgan fingerprint density at radius 2 is 1.89 bits per heavy atom. The van der Waals surface area contributed by atoms with E-state index in [-0.39, 0.29) is 0 Å². The second-order valence-corrected chi connectivity index (χ2v) is 5.95. The number of ether oxygens (including phenoxy) is 1. The maximum Gasteiger partial charge on any atom is 0.118 e. The number of methoxy groups -OCH3 is 1. The molecule has 1 aromatic rings. The van der Waals surface area contributed by atoms with Crippen molar-refractivity contribution in [2.24, 2.45) is 17.8 Å². The third-order valence-corrected chi connectivity index (χ3v) is 5.03. The Balaban J connectivity index is 1.57. The highest BCUT2D eigenvalue weighted by molar-refractivity contribution is 5.27. The van der Waals surface area contributed by atoms with Crippen molar-refractivity contribution in [2.45, 2.75) is 38.8 Å². The molecule has 0 unspecified atom stereocenters. The summed E-state index contributed by atoms with van der Waals surface area (Å²) in [6, 6.07) is 9.14. The summed E-state index contributed by atoms with van der Waals surface area (Å²) >= 11 is 0. The van der Waals surface area contributed by atoms with Crippen LogP contribution in [0, 0.1) is 17.8 Å². The third-order valence-electron chi connectivity index (χ3n) is 5.03. The molecule has 0 heterocycles. The average molecular weight is 245 g/mol. The Morgan fingerprint density at radius 1 is 1.17 bits per heavy atom. The van der Waals surface area contributed by atoms with E-state index in [1.807, 2.05) is 12.1 Å². The van der Waals surface area contributed by atoms with Crippen LogP contribution in [-0.4, -0.2) is 13.2 Å². The summed E-state index contributed by atoms with van der Waals surface area (Å²) in [7, 11) is 1.71. The standard InChI is InChI=1S/C16H23NO/c1-11-13-5-6-14(9-13)16(11)17-10-12-3-7-15(18-2)8-4-12/h3-4,7-8,11,13-14,16-17H,5-6,9-10H2,1-2H3/t11-,13+,14-,16+/m0/s1. The molecular formula is C16H23NO. The molecule has 2 nitrogen and oxygen atoms in total. The monoisotopic (exact) mass is 245 g/mol. The van der Waals surface area contributed by atoms with Crippen molar-refractivity contribution >= 4 is 0 Å². The Morgan fingerprint density at radius 3 is 2.50 bits per heavy atom. The Kier molecular flexibility index (Phi) is 3.29. The first-order valence-corrected chi connectivity index (χ1v) is 7.14. The van der Waals surface area contributed by atoms with E-state index in [4.69, 9.17) is 4.74 Å². The second kappa shape index (κ2) is 4.93. The van der Waals surface area contributed by atoms with Crippen LogP contribution in [0.1, 0.15) is 31.7 Å². The minimum atomic E-state index is 0.742. The smallest absolute Gasteiger partial charge is 0.118 e. The molecule has 4 atom stereocenters. The van der Waals surface area contributed by atoms with Gasteiger partial charge in [-0.2, -0.15) is 0 Å². The molecule has 2 heteroatoms. The van der Waals surface area contributed by atoms with Crippen LogP contribution in [0.2, 0.25) is 0 Å². The van der Waals surface area contributed by atoms with Gasteiger partial charge < -0.3 is 10.1 Å². The zero-order valence-corrected chi connectivity index (χ0v) is 11.4. The molecule has 3 rings (SSSR count). The number of fused-ring (bicyclic) bond motifs is 2. The van der Waals surface area contributed by atoms with Gasteiger partial charge in [0.15, 0.2) is 0 Å². The lowest BCUT2D eigenvalue weighted by atomic mass is 9.86. The molecule has 18 heavy (non-hydrogen) atoms. The quantitative estimate of drug-likeness (QED) is 0.879. The summed E-state index contributed by atoms with van der Waals surface area (Å²) in [5.41, 5.74) is 1.35. The lowest BCUT2D eigenvalue weighted by Crippen LogP contribution is -2.39. The SMILES string of the molecule is COc1ccc(CN[C@H]2[C@H]3CC[C@H](C3)[C@@H]2C)cc1. The average Bonchev–Trinajstić information content (AvgIpc) is 2.99. The molecule has 0 radical (unpaired) electrons. The fourth-order valence-electron chi connectivity index (χ4n) is 3.91. The number of nitrogens with one attached hydrogen (secondary N) is 1. The molecular weight excluding hydrogens is 222 g/mol. The molecule has 2 aliphatic carbocycles. The van der Waals surface area contributed by atoms with Crippen LogP contribution in [0.25, 0.3) is 0 Å². The highest BCUT2D eigenvalue weighted by atomic mass is 16.5.